The van der Waals surface area contributed by atoms with E-state index in [9.17, 15) is 9.90 Å². The SMILES string of the molecule is NC(=O)c1c(Br)n(-c2ccc(O)cc2)c2ccccc12. The fourth-order valence-electron chi connectivity index (χ4n) is 2.30. The number of carbonyl (C=O) groups excluding carboxylic acids is 1. The Hall–Kier alpha value is -2.27. The maximum Gasteiger partial charge on any atom is 0.252 e. The quantitative estimate of drug-likeness (QED) is 0.757. The Kier molecular flexibility index (Phi) is 2.99. The fraction of sp³-hybridized carbons (Fsp3) is 0. The highest BCUT2D eigenvalue weighted by Crippen LogP contribution is 2.33. The molecule has 2 aromatic carbocycles. The van der Waals surface area contributed by atoms with Gasteiger partial charge in [-0.2, -0.15) is 0 Å². The largest absolute Gasteiger partial charge is 0.508 e. The van der Waals surface area contributed by atoms with Crippen LogP contribution in [0.5, 0.6) is 5.75 Å². The van der Waals surface area contributed by atoms with E-state index in [-0.39, 0.29) is 5.75 Å². The Morgan fingerprint density at radius 2 is 1.75 bits per heavy atom. The molecule has 4 nitrogen and oxygen atoms in total. The summed E-state index contributed by atoms with van der Waals surface area (Å²) in [6, 6.07) is 14.3. The summed E-state index contributed by atoms with van der Waals surface area (Å²) < 4.78 is 2.49. The molecular formula is C15H11BrN2O2. The molecule has 0 radical (unpaired) electrons. The minimum atomic E-state index is -0.481. The van der Waals surface area contributed by atoms with Crippen LogP contribution < -0.4 is 5.73 Å². The fourth-order valence-corrected chi connectivity index (χ4v) is 3.10. The number of nitrogens with two attached hydrogens (primary N) is 1. The van der Waals surface area contributed by atoms with Crippen molar-refractivity contribution in [3.63, 3.8) is 0 Å². The molecule has 0 spiro atoms. The second-order valence-electron chi connectivity index (χ2n) is 4.40. The van der Waals surface area contributed by atoms with Gasteiger partial charge in [0.15, 0.2) is 0 Å². The Morgan fingerprint density at radius 1 is 1.10 bits per heavy atom. The molecule has 0 bridgehead atoms. The van der Waals surface area contributed by atoms with Crippen LogP contribution in [-0.2, 0) is 0 Å². The summed E-state index contributed by atoms with van der Waals surface area (Å²) in [6.07, 6.45) is 0. The van der Waals surface area contributed by atoms with Crippen LogP contribution in [0, 0.1) is 0 Å². The third kappa shape index (κ3) is 1.87. The van der Waals surface area contributed by atoms with Gasteiger partial charge in [-0.1, -0.05) is 18.2 Å². The molecule has 5 heteroatoms. The lowest BCUT2D eigenvalue weighted by Gasteiger charge is -2.07. The third-order valence-corrected chi connectivity index (χ3v) is 3.92. The number of para-hydroxylation sites is 1. The zero-order chi connectivity index (χ0) is 14.3. The first-order valence-corrected chi connectivity index (χ1v) is 6.77. The van der Waals surface area contributed by atoms with E-state index in [1.165, 1.54) is 0 Å². The van der Waals surface area contributed by atoms with E-state index in [1.54, 1.807) is 24.3 Å². The zero-order valence-electron chi connectivity index (χ0n) is 10.4. The molecule has 0 aliphatic rings. The first-order chi connectivity index (χ1) is 9.59. The molecule has 0 aliphatic heterocycles. The number of halogens is 1. The molecule has 0 aliphatic carbocycles. The molecule has 0 atom stereocenters. The van der Waals surface area contributed by atoms with Gasteiger partial charge in [0.05, 0.1) is 11.1 Å². The molecular weight excluding hydrogens is 320 g/mol. The first kappa shape index (κ1) is 12.7. The molecule has 3 rings (SSSR count). The van der Waals surface area contributed by atoms with E-state index in [0.717, 1.165) is 16.6 Å². The van der Waals surface area contributed by atoms with Gasteiger partial charge in [0.25, 0.3) is 5.91 Å². The standard InChI is InChI=1S/C15H11BrN2O2/c16-14-13(15(17)20)11-3-1-2-4-12(11)18(14)9-5-7-10(19)8-6-9/h1-8,19H,(H2,17,20). The second kappa shape index (κ2) is 4.68. The van der Waals surface area contributed by atoms with E-state index >= 15 is 0 Å². The van der Waals surface area contributed by atoms with Gasteiger partial charge >= 0.3 is 0 Å². The maximum atomic E-state index is 11.7. The van der Waals surface area contributed by atoms with Gasteiger partial charge in [0.1, 0.15) is 10.4 Å². The number of hydrogen-bond donors (Lipinski definition) is 2. The van der Waals surface area contributed by atoms with Gasteiger partial charge < -0.3 is 15.4 Å². The molecule has 0 fully saturated rings. The van der Waals surface area contributed by atoms with Crippen molar-refractivity contribution in [1.82, 2.24) is 4.57 Å². The summed E-state index contributed by atoms with van der Waals surface area (Å²) in [5, 5.41) is 10.2. The zero-order valence-corrected chi connectivity index (χ0v) is 12.0. The number of fused-ring (bicyclic) bond motifs is 1. The van der Waals surface area contributed by atoms with E-state index in [2.05, 4.69) is 15.9 Å². The van der Waals surface area contributed by atoms with Crippen molar-refractivity contribution in [2.24, 2.45) is 5.73 Å². The number of primary amides is 1. The molecule has 1 amide bonds. The van der Waals surface area contributed by atoms with Gasteiger partial charge in [0, 0.05) is 11.1 Å². The van der Waals surface area contributed by atoms with Crippen molar-refractivity contribution in [2.45, 2.75) is 0 Å². The maximum absolute atomic E-state index is 11.7. The molecule has 0 saturated heterocycles. The summed E-state index contributed by atoms with van der Waals surface area (Å²) in [4.78, 5) is 11.7. The highest BCUT2D eigenvalue weighted by Gasteiger charge is 2.19. The van der Waals surface area contributed by atoms with Crippen LogP contribution in [0.2, 0.25) is 0 Å². The highest BCUT2D eigenvalue weighted by atomic mass is 79.9. The predicted octanol–water partition coefficient (Wildman–Crippen LogP) is 3.20. The number of benzene rings is 2. The molecule has 1 aromatic heterocycles. The monoisotopic (exact) mass is 330 g/mol. The molecule has 20 heavy (non-hydrogen) atoms. The lowest BCUT2D eigenvalue weighted by atomic mass is 10.2. The number of aromatic nitrogens is 1. The van der Waals surface area contributed by atoms with Gasteiger partial charge in [0.2, 0.25) is 0 Å². The predicted molar refractivity (Wildman–Crippen MR) is 81.2 cm³/mol. The van der Waals surface area contributed by atoms with E-state index < -0.39 is 5.91 Å². The minimum Gasteiger partial charge on any atom is -0.508 e. The van der Waals surface area contributed by atoms with Gasteiger partial charge in [-0.05, 0) is 46.3 Å². The number of carbonyl (C=O) groups is 1. The number of phenolic OH excluding ortho intramolecular Hbond substituents is 1. The topological polar surface area (TPSA) is 68.2 Å². The van der Waals surface area contributed by atoms with Crippen molar-refractivity contribution >= 4 is 32.7 Å². The van der Waals surface area contributed by atoms with Crippen LogP contribution in [-0.4, -0.2) is 15.6 Å². The van der Waals surface area contributed by atoms with Crippen molar-refractivity contribution in [2.75, 3.05) is 0 Å². The summed E-state index contributed by atoms with van der Waals surface area (Å²) in [5.41, 5.74) is 7.63. The molecule has 3 N–H and O–H groups in total. The van der Waals surface area contributed by atoms with Gasteiger partial charge in [-0.15, -0.1) is 0 Å². The molecule has 1 heterocycles. The van der Waals surface area contributed by atoms with Crippen LogP contribution in [0.15, 0.2) is 53.1 Å². The average Bonchev–Trinajstić information content (AvgIpc) is 2.72. The van der Waals surface area contributed by atoms with E-state index in [0.29, 0.717) is 10.2 Å². The average molecular weight is 331 g/mol. The molecule has 0 unspecified atom stereocenters. The number of hydrogen-bond acceptors (Lipinski definition) is 2. The number of aromatic hydroxyl groups is 1. The molecule has 100 valence electrons. The van der Waals surface area contributed by atoms with Crippen LogP contribution in [0.3, 0.4) is 0 Å². The van der Waals surface area contributed by atoms with Crippen molar-refractivity contribution < 1.29 is 9.90 Å². The normalized spacial score (nSPS) is 10.8. The van der Waals surface area contributed by atoms with Crippen molar-refractivity contribution in [3.05, 3.63) is 58.7 Å². The Balaban J connectivity index is 2.38. The van der Waals surface area contributed by atoms with Crippen molar-refractivity contribution in [3.8, 4) is 11.4 Å². The highest BCUT2D eigenvalue weighted by molar-refractivity contribution is 9.10. The Morgan fingerprint density at radius 3 is 2.40 bits per heavy atom. The number of amides is 1. The Bertz CT molecular complexity index is 807. The summed E-state index contributed by atoms with van der Waals surface area (Å²) in [6.45, 7) is 0. The molecule has 0 saturated carbocycles. The minimum absolute atomic E-state index is 0.191. The number of rotatable bonds is 2. The van der Waals surface area contributed by atoms with Crippen molar-refractivity contribution in [1.29, 1.82) is 0 Å². The van der Waals surface area contributed by atoms with Gasteiger partial charge in [-0.3, -0.25) is 4.79 Å². The third-order valence-electron chi connectivity index (χ3n) is 3.17. The summed E-state index contributed by atoms with van der Waals surface area (Å²) in [7, 11) is 0. The van der Waals surface area contributed by atoms with Crippen LogP contribution in [0.1, 0.15) is 10.4 Å². The lowest BCUT2D eigenvalue weighted by molar-refractivity contribution is 0.100. The van der Waals surface area contributed by atoms with Gasteiger partial charge in [-0.25, -0.2) is 0 Å². The Labute approximate surface area is 123 Å². The lowest BCUT2D eigenvalue weighted by Crippen LogP contribution is -2.11. The smallest absolute Gasteiger partial charge is 0.252 e. The van der Waals surface area contributed by atoms with Crippen LogP contribution in [0.4, 0.5) is 0 Å². The van der Waals surface area contributed by atoms with Crippen LogP contribution >= 0.6 is 15.9 Å². The summed E-state index contributed by atoms with van der Waals surface area (Å²) in [5.74, 6) is -0.290. The second-order valence-corrected chi connectivity index (χ2v) is 5.15. The number of nitrogens with zero attached hydrogens (tertiary/aromatic N) is 1. The number of phenols is 1. The van der Waals surface area contributed by atoms with Crippen LogP contribution in [0.25, 0.3) is 16.6 Å². The van der Waals surface area contributed by atoms with E-state index in [1.807, 2.05) is 28.8 Å². The van der Waals surface area contributed by atoms with E-state index in [4.69, 9.17) is 5.73 Å². The summed E-state index contributed by atoms with van der Waals surface area (Å²) >= 11 is 3.45. The molecule has 3 aromatic rings. The first-order valence-electron chi connectivity index (χ1n) is 5.97.